The summed E-state index contributed by atoms with van der Waals surface area (Å²) in [6, 6.07) is 3.80. The molecular weight excluding hydrogens is 402 g/mol. The summed E-state index contributed by atoms with van der Waals surface area (Å²) in [5, 5.41) is 15.2. The van der Waals surface area contributed by atoms with E-state index in [1.165, 1.54) is 0 Å². The smallest absolute Gasteiger partial charge is 0.170 e. The zero-order chi connectivity index (χ0) is 15.4. The summed E-state index contributed by atoms with van der Waals surface area (Å²) in [5.41, 5.74) is 0.835. The molecule has 2 rings (SSSR count). The molecule has 8 heteroatoms. The Morgan fingerprint density at radius 3 is 2.71 bits per heavy atom. The Morgan fingerprint density at radius 2 is 2.05 bits per heavy atom. The maximum absolute atomic E-state index is 5.33. The SMILES string of the molecule is COc1cc(-n2nnnc2CNCC(C)C)c(Br)cc1Br. The first-order valence-electron chi connectivity index (χ1n) is 6.54. The number of hydrogen-bond acceptors (Lipinski definition) is 5. The molecule has 0 saturated carbocycles. The van der Waals surface area contributed by atoms with Crippen molar-refractivity contribution in [2.45, 2.75) is 20.4 Å². The molecule has 0 atom stereocenters. The van der Waals surface area contributed by atoms with Gasteiger partial charge in [-0.15, -0.1) is 5.10 Å². The van der Waals surface area contributed by atoms with E-state index in [2.05, 4.69) is 66.5 Å². The van der Waals surface area contributed by atoms with Gasteiger partial charge in [-0.1, -0.05) is 13.8 Å². The van der Waals surface area contributed by atoms with Crippen LogP contribution in [0.15, 0.2) is 21.1 Å². The number of rotatable bonds is 6. The van der Waals surface area contributed by atoms with Crippen LogP contribution in [0.1, 0.15) is 19.7 Å². The second-order valence-corrected chi connectivity index (χ2v) is 6.68. The highest BCUT2D eigenvalue weighted by molar-refractivity contribution is 9.11. The average molecular weight is 419 g/mol. The van der Waals surface area contributed by atoms with Crippen LogP contribution in [-0.2, 0) is 6.54 Å². The topological polar surface area (TPSA) is 64.9 Å². The summed E-state index contributed by atoms with van der Waals surface area (Å²) in [4.78, 5) is 0. The molecule has 1 aromatic carbocycles. The fraction of sp³-hybridized carbons (Fsp3) is 0.462. The molecule has 6 nitrogen and oxygen atoms in total. The van der Waals surface area contributed by atoms with Crippen LogP contribution in [0.25, 0.3) is 5.69 Å². The summed E-state index contributed by atoms with van der Waals surface area (Å²) in [7, 11) is 1.63. The average Bonchev–Trinajstić information content (AvgIpc) is 2.87. The van der Waals surface area contributed by atoms with Gasteiger partial charge in [-0.05, 0) is 60.8 Å². The van der Waals surface area contributed by atoms with E-state index in [1.807, 2.05) is 12.1 Å². The Labute approximate surface area is 140 Å². The van der Waals surface area contributed by atoms with Crippen LogP contribution in [0.5, 0.6) is 5.75 Å². The molecule has 0 saturated heterocycles. The van der Waals surface area contributed by atoms with Gasteiger partial charge in [-0.25, -0.2) is 0 Å². The van der Waals surface area contributed by atoms with Crippen LogP contribution >= 0.6 is 31.9 Å². The first-order chi connectivity index (χ1) is 10.0. The quantitative estimate of drug-likeness (QED) is 0.781. The number of nitrogens with zero attached hydrogens (tertiary/aromatic N) is 4. The Bertz CT molecular complexity index is 615. The minimum Gasteiger partial charge on any atom is -0.495 e. The molecule has 2 aromatic rings. The van der Waals surface area contributed by atoms with Crippen LogP contribution in [0.2, 0.25) is 0 Å². The standard InChI is InChI=1S/C13H17Br2N5O/c1-8(2)6-16-7-13-17-18-19-20(13)11-5-12(21-3)10(15)4-9(11)14/h4-5,8,16H,6-7H2,1-3H3. The van der Waals surface area contributed by atoms with Gasteiger partial charge in [0.15, 0.2) is 5.82 Å². The van der Waals surface area contributed by atoms with Gasteiger partial charge in [0.2, 0.25) is 0 Å². The van der Waals surface area contributed by atoms with E-state index in [9.17, 15) is 0 Å². The maximum atomic E-state index is 5.33. The van der Waals surface area contributed by atoms with Crippen molar-refractivity contribution in [1.82, 2.24) is 25.5 Å². The summed E-state index contributed by atoms with van der Waals surface area (Å²) in [5.74, 6) is 2.05. The van der Waals surface area contributed by atoms with Gasteiger partial charge in [0, 0.05) is 10.5 Å². The van der Waals surface area contributed by atoms with Crippen LogP contribution in [0, 0.1) is 5.92 Å². The van der Waals surface area contributed by atoms with Gasteiger partial charge in [-0.3, -0.25) is 0 Å². The van der Waals surface area contributed by atoms with E-state index in [1.54, 1.807) is 11.8 Å². The molecule has 0 aliphatic carbocycles. The van der Waals surface area contributed by atoms with Crippen LogP contribution in [0.3, 0.4) is 0 Å². The zero-order valence-corrected chi connectivity index (χ0v) is 15.3. The molecule has 0 fully saturated rings. The Kier molecular flexibility index (Phi) is 5.72. The maximum Gasteiger partial charge on any atom is 0.170 e. The van der Waals surface area contributed by atoms with Crippen molar-refractivity contribution in [2.75, 3.05) is 13.7 Å². The molecule has 21 heavy (non-hydrogen) atoms. The Hall–Kier alpha value is -0.990. The van der Waals surface area contributed by atoms with E-state index >= 15 is 0 Å². The van der Waals surface area contributed by atoms with Crippen molar-refractivity contribution >= 4 is 31.9 Å². The number of hydrogen-bond donors (Lipinski definition) is 1. The van der Waals surface area contributed by atoms with Crippen LogP contribution in [0.4, 0.5) is 0 Å². The molecule has 1 heterocycles. The lowest BCUT2D eigenvalue weighted by Crippen LogP contribution is -2.21. The number of benzene rings is 1. The highest BCUT2D eigenvalue weighted by Gasteiger charge is 2.14. The third-order valence-corrected chi connectivity index (χ3v) is 4.07. The van der Waals surface area contributed by atoms with Crippen molar-refractivity contribution in [1.29, 1.82) is 0 Å². The molecule has 0 amide bonds. The molecule has 1 aromatic heterocycles. The first kappa shape index (κ1) is 16.4. The van der Waals surface area contributed by atoms with Crippen molar-refractivity contribution in [3.63, 3.8) is 0 Å². The summed E-state index contributed by atoms with van der Waals surface area (Å²) in [6.45, 7) is 5.84. The lowest BCUT2D eigenvalue weighted by atomic mass is 10.2. The molecule has 0 bridgehead atoms. The van der Waals surface area contributed by atoms with Crippen molar-refractivity contribution < 1.29 is 4.74 Å². The molecule has 0 radical (unpaired) electrons. The van der Waals surface area contributed by atoms with Crippen molar-refractivity contribution in [2.24, 2.45) is 5.92 Å². The number of methoxy groups -OCH3 is 1. The third kappa shape index (κ3) is 4.02. The second kappa shape index (κ2) is 7.33. The fourth-order valence-corrected chi connectivity index (χ4v) is 3.14. The minimum atomic E-state index is 0.578. The lowest BCUT2D eigenvalue weighted by Gasteiger charge is -2.11. The molecule has 1 N–H and O–H groups in total. The van der Waals surface area contributed by atoms with E-state index in [0.717, 1.165) is 32.8 Å². The van der Waals surface area contributed by atoms with E-state index in [-0.39, 0.29) is 0 Å². The zero-order valence-electron chi connectivity index (χ0n) is 12.1. The van der Waals surface area contributed by atoms with Gasteiger partial charge >= 0.3 is 0 Å². The van der Waals surface area contributed by atoms with Gasteiger partial charge < -0.3 is 10.1 Å². The summed E-state index contributed by atoms with van der Waals surface area (Å²) >= 11 is 6.99. The third-order valence-electron chi connectivity index (χ3n) is 2.82. The monoisotopic (exact) mass is 417 g/mol. The van der Waals surface area contributed by atoms with E-state index in [4.69, 9.17) is 4.74 Å². The largest absolute Gasteiger partial charge is 0.495 e. The minimum absolute atomic E-state index is 0.578. The van der Waals surface area contributed by atoms with Crippen molar-refractivity contribution in [3.05, 3.63) is 26.9 Å². The molecule has 0 aliphatic rings. The fourth-order valence-electron chi connectivity index (χ4n) is 1.81. The number of nitrogens with one attached hydrogen (secondary N) is 1. The molecule has 0 spiro atoms. The van der Waals surface area contributed by atoms with Gasteiger partial charge in [0.25, 0.3) is 0 Å². The predicted molar refractivity (Wildman–Crippen MR) is 87.7 cm³/mol. The van der Waals surface area contributed by atoms with E-state index in [0.29, 0.717) is 12.5 Å². The molecule has 0 aliphatic heterocycles. The van der Waals surface area contributed by atoms with Crippen molar-refractivity contribution in [3.8, 4) is 11.4 Å². The second-order valence-electron chi connectivity index (χ2n) is 4.97. The predicted octanol–water partition coefficient (Wildman–Crippen LogP) is 2.94. The summed E-state index contributed by atoms with van der Waals surface area (Å²) in [6.07, 6.45) is 0. The summed E-state index contributed by atoms with van der Waals surface area (Å²) < 4.78 is 8.78. The number of ether oxygens (including phenoxy) is 1. The molecule has 0 unspecified atom stereocenters. The molecule has 114 valence electrons. The van der Waals surface area contributed by atoms with Crippen LogP contribution < -0.4 is 10.1 Å². The highest BCUT2D eigenvalue weighted by Crippen LogP contribution is 2.33. The van der Waals surface area contributed by atoms with Gasteiger partial charge in [0.05, 0.1) is 23.8 Å². The molecular formula is C13H17Br2N5O. The Balaban J connectivity index is 2.28. The number of aromatic nitrogens is 4. The lowest BCUT2D eigenvalue weighted by molar-refractivity contribution is 0.411. The highest BCUT2D eigenvalue weighted by atomic mass is 79.9. The number of halogens is 2. The first-order valence-corrected chi connectivity index (χ1v) is 8.13. The number of tetrazole rings is 1. The van der Waals surface area contributed by atoms with Gasteiger partial charge in [0.1, 0.15) is 5.75 Å². The van der Waals surface area contributed by atoms with Crippen LogP contribution in [-0.4, -0.2) is 33.9 Å². The normalized spacial score (nSPS) is 11.1. The van der Waals surface area contributed by atoms with E-state index < -0.39 is 0 Å². The Morgan fingerprint density at radius 1 is 1.29 bits per heavy atom. The van der Waals surface area contributed by atoms with Gasteiger partial charge in [-0.2, -0.15) is 4.68 Å².